The number of hydrogen-bond acceptors (Lipinski definition) is 2. The summed E-state index contributed by atoms with van der Waals surface area (Å²) in [6, 6.07) is 0. The van der Waals surface area contributed by atoms with E-state index in [9.17, 15) is 4.79 Å². The molecule has 0 saturated carbocycles. The van der Waals surface area contributed by atoms with Gasteiger partial charge in [0.2, 0.25) is 0 Å². The maximum absolute atomic E-state index is 11.3. The SMILES string of the molecule is CC(C)C(=O)Cn1cc(I)cn1. The number of carbonyl (C=O) groups excluding carboxylic acids is 1. The van der Waals surface area contributed by atoms with Gasteiger partial charge in [-0.25, -0.2) is 0 Å². The Hall–Kier alpha value is -0.390. The van der Waals surface area contributed by atoms with E-state index in [4.69, 9.17) is 0 Å². The van der Waals surface area contributed by atoms with Gasteiger partial charge in [-0.15, -0.1) is 0 Å². The molecule has 0 aromatic carbocycles. The lowest BCUT2D eigenvalue weighted by molar-refractivity contribution is -0.122. The van der Waals surface area contributed by atoms with Gasteiger partial charge in [0, 0.05) is 12.1 Å². The van der Waals surface area contributed by atoms with Gasteiger partial charge in [0.05, 0.1) is 16.3 Å². The van der Waals surface area contributed by atoms with Crippen molar-refractivity contribution >= 4 is 28.4 Å². The molecule has 0 amide bonds. The van der Waals surface area contributed by atoms with Crippen molar-refractivity contribution in [3.05, 3.63) is 16.0 Å². The molecule has 3 nitrogen and oxygen atoms in total. The monoisotopic (exact) mass is 278 g/mol. The maximum Gasteiger partial charge on any atom is 0.156 e. The zero-order valence-electron chi connectivity index (χ0n) is 7.12. The second-order valence-electron chi connectivity index (χ2n) is 2.98. The van der Waals surface area contributed by atoms with Crippen molar-refractivity contribution in [2.24, 2.45) is 5.92 Å². The first kappa shape index (κ1) is 9.70. The van der Waals surface area contributed by atoms with E-state index in [1.165, 1.54) is 0 Å². The van der Waals surface area contributed by atoms with Crippen molar-refractivity contribution < 1.29 is 4.79 Å². The van der Waals surface area contributed by atoms with Crippen LogP contribution in [0.25, 0.3) is 0 Å². The first-order chi connectivity index (χ1) is 5.59. The third-order valence-electron chi connectivity index (χ3n) is 1.56. The van der Waals surface area contributed by atoms with Crippen LogP contribution in [0.3, 0.4) is 0 Å². The summed E-state index contributed by atoms with van der Waals surface area (Å²) in [4.78, 5) is 11.3. The average molecular weight is 278 g/mol. The first-order valence-corrected chi connectivity index (χ1v) is 4.88. The summed E-state index contributed by atoms with van der Waals surface area (Å²) in [7, 11) is 0. The molecule has 0 aliphatic carbocycles. The van der Waals surface area contributed by atoms with E-state index in [1.54, 1.807) is 10.9 Å². The molecule has 1 heterocycles. The van der Waals surface area contributed by atoms with E-state index < -0.39 is 0 Å². The fourth-order valence-corrected chi connectivity index (χ4v) is 1.21. The topological polar surface area (TPSA) is 34.9 Å². The van der Waals surface area contributed by atoms with Crippen LogP contribution in [0.2, 0.25) is 0 Å². The Balaban J connectivity index is 2.58. The maximum atomic E-state index is 11.3. The standard InChI is InChI=1S/C8H11IN2O/c1-6(2)8(12)5-11-4-7(9)3-10-11/h3-4,6H,5H2,1-2H3. The predicted molar refractivity (Wildman–Crippen MR) is 54.8 cm³/mol. The highest BCUT2D eigenvalue weighted by molar-refractivity contribution is 14.1. The summed E-state index contributed by atoms with van der Waals surface area (Å²) in [5, 5.41) is 4.03. The Morgan fingerprint density at radius 2 is 2.42 bits per heavy atom. The highest BCUT2D eigenvalue weighted by Gasteiger charge is 2.07. The van der Waals surface area contributed by atoms with Crippen LogP contribution in [-0.2, 0) is 11.3 Å². The summed E-state index contributed by atoms with van der Waals surface area (Å²) in [6.45, 7) is 4.19. The molecule has 4 heteroatoms. The summed E-state index contributed by atoms with van der Waals surface area (Å²) in [6.07, 6.45) is 3.61. The minimum Gasteiger partial charge on any atom is -0.297 e. The van der Waals surface area contributed by atoms with E-state index in [0.717, 1.165) is 3.57 Å². The lowest BCUT2D eigenvalue weighted by atomic mass is 10.1. The van der Waals surface area contributed by atoms with Gasteiger partial charge in [-0.05, 0) is 22.6 Å². The molecule has 0 bridgehead atoms. The fourth-order valence-electron chi connectivity index (χ4n) is 0.767. The van der Waals surface area contributed by atoms with Crippen LogP contribution in [0.5, 0.6) is 0 Å². The molecule has 1 aromatic rings. The van der Waals surface area contributed by atoms with Crippen LogP contribution in [0.1, 0.15) is 13.8 Å². The van der Waals surface area contributed by atoms with Gasteiger partial charge in [0.15, 0.2) is 5.78 Å². The molecule has 0 N–H and O–H groups in total. The molecule has 0 unspecified atom stereocenters. The Kier molecular flexibility index (Phi) is 3.25. The van der Waals surface area contributed by atoms with Crippen molar-refractivity contribution in [3.8, 4) is 0 Å². The average Bonchev–Trinajstić information content (AvgIpc) is 2.35. The molecule has 0 saturated heterocycles. The first-order valence-electron chi connectivity index (χ1n) is 3.80. The lowest BCUT2D eigenvalue weighted by Crippen LogP contribution is -2.15. The van der Waals surface area contributed by atoms with Crippen molar-refractivity contribution in [2.75, 3.05) is 0 Å². The van der Waals surface area contributed by atoms with Gasteiger partial charge in [-0.2, -0.15) is 5.10 Å². The van der Waals surface area contributed by atoms with E-state index in [-0.39, 0.29) is 11.7 Å². The molecule has 0 aliphatic heterocycles. The highest BCUT2D eigenvalue weighted by atomic mass is 127. The van der Waals surface area contributed by atoms with Crippen LogP contribution >= 0.6 is 22.6 Å². The number of aromatic nitrogens is 2. The minimum atomic E-state index is 0.0897. The van der Waals surface area contributed by atoms with Gasteiger partial charge in [-0.1, -0.05) is 13.8 Å². The predicted octanol–water partition coefficient (Wildman–Crippen LogP) is 1.71. The third kappa shape index (κ3) is 2.58. The molecule has 1 aromatic heterocycles. The molecule has 12 heavy (non-hydrogen) atoms. The molecule has 1 rings (SSSR count). The third-order valence-corrected chi connectivity index (χ3v) is 2.12. The van der Waals surface area contributed by atoms with Crippen LogP contribution < -0.4 is 0 Å². The number of ketones is 1. The molecule has 0 spiro atoms. The quantitative estimate of drug-likeness (QED) is 0.789. The summed E-state index contributed by atoms with van der Waals surface area (Å²) in [5.74, 6) is 0.307. The van der Waals surface area contributed by atoms with E-state index in [2.05, 4.69) is 27.7 Å². The molecular formula is C8H11IN2O. The van der Waals surface area contributed by atoms with Crippen LogP contribution in [-0.4, -0.2) is 15.6 Å². The second kappa shape index (κ2) is 4.02. The number of Topliss-reactive ketones (excluding diaryl/α,β-unsaturated/α-hetero) is 1. The Morgan fingerprint density at radius 3 is 2.83 bits per heavy atom. The zero-order chi connectivity index (χ0) is 9.14. The summed E-state index contributed by atoms with van der Waals surface area (Å²) < 4.78 is 2.73. The summed E-state index contributed by atoms with van der Waals surface area (Å²) in [5.41, 5.74) is 0. The van der Waals surface area contributed by atoms with Crippen molar-refractivity contribution in [2.45, 2.75) is 20.4 Å². The molecule has 0 atom stereocenters. The van der Waals surface area contributed by atoms with Gasteiger partial charge in [-0.3, -0.25) is 9.48 Å². The van der Waals surface area contributed by atoms with Crippen molar-refractivity contribution in [1.82, 2.24) is 9.78 Å². The number of carbonyl (C=O) groups is 1. The number of hydrogen-bond donors (Lipinski definition) is 0. The smallest absolute Gasteiger partial charge is 0.156 e. The van der Waals surface area contributed by atoms with Crippen molar-refractivity contribution in [1.29, 1.82) is 0 Å². The minimum absolute atomic E-state index is 0.0897. The van der Waals surface area contributed by atoms with Gasteiger partial charge >= 0.3 is 0 Å². The molecular weight excluding hydrogens is 267 g/mol. The van der Waals surface area contributed by atoms with Crippen LogP contribution in [0.15, 0.2) is 12.4 Å². The summed E-state index contributed by atoms with van der Waals surface area (Å²) >= 11 is 2.17. The molecule has 0 radical (unpaired) electrons. The fraction of sp³-hybridized carbons (Fsp3) is 0.500. The second-order valence-corrected chi connectivity index (χ2v) is 4.22. The van der Waals surface area contributed by atoms with Gasteiger partial charge < -0.3 is 0 Å². The van der Waals surface area contributed by atoms with E-state index in [0.29, 0.717) is 6.54 Å². The van der Waals surface area contributed by atoms with Gasteiger partial charge in [0.1, 0.15) is 0 Å². The van der Waals surface area contributed by atoms with Crippen LogP contribution in [0.4, 0.5) is 0 Å². The lowest BCUT2D eigenvalue weighted by Gasteiger charge is -2.02. The van der Waals surface area contributed by atoms with Crippen molar-refractivity contribution in [3.63, 3.8) is 0 Å². The number of nitrogens with zero attached hydrogens (tertiary/aromatic N) is 2. The Bertz CT molecular complexity index is 280. The van der Waals surface area contributed by atoms with Gasteiger partial charge in [0.25, 0.3) is 0 Å². The van der Waals surface area contributed by atoms with E-state index >= 15 is 0 Å². The Morgan fingerprint density at radius 1 is 1.75 bits per heavy atom. The van der Waals surface area contributed by atoms with E-state index in [1.807, 2.05) is 20.0 Å². The van der Waals surface area contributed by atoms with Crippen LogP contribution in [0, 0.1) is 9.49 Å². The Labute approximate surface area is 85.3 Å². The molecule has 66 valence electrons. The molecule has 0 fully saturated rings. The molecule has 0 aliphatic rings. The number of rotatable bonds is 3. The highest BCUT2D eigenvalue weighted by Crippen LogP contribution is 2.03. The zero-order valence-corrected chi connectivity index (χ0v) is 9.28. The normalized spacial score (nSPS) is 10.7. The number of halogens is 1. The largest absolute Gasteiger partial charge is 0.297 e.